The van der Waals surface area contributed by atoms with Crippen LogP contribution in [0.1, 0.15) is 16.7 Å². The summed E-state index contributed by atoms with van der Waals surface area (Å²) in [5.74, 6) is 0.547. The molecule has 0 aliphatic carbocycles. The molecular formula is C16H18FNO2. The summed E-state index contributed by atoms with van der Waals surface area (Å²) in [4.78, 5) is 0. The number of ether oxygens (including phenoxy) is 2. The van der Waals surface area contributed by atoms with E-state index in [4.69, 9.17) is 15.2 Å². The van der Waals surface area contributed by atoms with Gasteiger partial charge < -0.3 is 15.2 Å². The normalized spacial score (nSPS) is 10.6. The maximum absolute atomic E-state index is 13.3. The minimum absolute atomic E-state index is 0.193. The van der Waals surface area contributed by atoms with Crippen LogP contribution in [-0.2, 0) is 24.5 Å². The lowest BCUT2D eigenvalue weighted by molar-refractivity contribution is 0.107. The van der Waals surface area contributed by atoms with E-state index in [-0.39, 0.29) is 12.4 Å². The fourth-order valence-electron chi connectivity index (χ4n) is 1.88. The van der Waals surface area contributed by atoms with Gasteiger partial charge in [-0.15, -0.1) is 0 Å². The van der Waals surface area contributed by atoms with E-state index in [1.807, 2.05) is 24.3 Å². The topological polar surface area (TPSA) is 44.5 Å². The first-order chi connectivity index (χ1) is 9.72. The molecule has 0 heterocycles. The van der Waals surface area contributed by atoms with Crippen molar-refractivity contribution >= 4 is 0 Å². The van der Waals surface area contributed by atoms with Crippen LogP contribution in [0.3, 0.4) is 0 Å². The summed E-state index contributed by atoms with van der Waals surface area (Å²) in [6.45, 7) is 1.12. The zero-order valence-electron chi connectivity index (χ0n) is 11.4. The summed E-state index contributed by atoms with van der Waals surface area (Å²) in [7, 11) is 1.63. The molecule has 0 unspecified atom stereocenters. The van der Waals surface area contributed by atoms with Gasteiger partial charge in [-0.2, -0.15) is 0 Å². The average Bonchev–Trinajstić information content (AvgIpc) is 2.49. The number of methoxy groups -OCH3 is 1. The molecule has 0 aliphatic rings. The third-order valence-corrected chi connectivity index (χ3v) is 3.03. The van der Waals surface area contributed by atoms with Crippen molar-refractivity contribution in [2.24, 2.45) is 5.73 Å². The van der Waals surface area contributed by atoms with Gasteiger partial charge in [-0.05, 0) is 35.4 Å². The largest absolute Gasteiger partial charge is 0.497 e. The second-order valence-corrected chi connectivity index (χ2v) is 4.47. The zero-order chi connectivity index (χ0) is 14.4. The first-order valence-corrected chi connectivity index (χ1v) is 6.41. The van der Waals surface area contributed by atoms with Crippen molar-refractivity contribution in [3.05, 3.63) is 65.0 Å². The van der Waals surface area contributed by atoms with E-state index in [0.29, 0.717) is 18.8 Å². The molecule has 3 nitrogen and oxygen atoms in total. The van der Waals surface area contributed by atoms with Crippen molar-refractivity contribution < 1.29 is 13.9 Å². The Balaban J connectivity index is 1.88. The molecule has 0 saturated heterocycles. The van der Waals surface area contributed by atoms with E-state index in [1.165, 1.54) is 6.07 Å². The van der Waals surface area contributed by atoms with Crippen molar-refractivity contribution in [3.8, 4) is 5.75 Å². The van der Waals surface area contributed by atoms with Crippen molar-refractivity contribution in [1.82, 2.24) is 0 Å². The summed E-state index contributed by atoms with van der Waals surface area (Å²) in [5, 5.41) is 0. The fourth-order valence-corrected chi connectivity index (χ4v) is 1.88. The monoisotopic (exact) mass is 275 g/mol. The molecule has 20 heavy (non-hydrogen) atoms. The number of hydrogen-bond donors (Lipinski definition) is 1. The molecule has 106 valence electrons. The van der Waals surface area contributed by atoms with E-state index in [1.54, 1.807) is 19.2 Å². The Morgan fingerprint density at radius 1 is 1.00 bits per heavy atom. The van der Waals surface area contributed by atoms with E-state index in [9.17, 15) is 4.39 Å². The third kappa shape index (κ3) is 3.79. The molecule has 0 aliphatic heterocycles. The molecular weight excluding hydrogens is 257 g/mol. The van der Waals surface area contributed by atoms with Crippen LogP contribution in [0.4, 0.5) is 4.39 Å². The second kappa shape index (κ2) is 7.03. The number of nitrogens with two attached hydrogens (primary N) is 1. The molecule has 2 aromatic rings. The van der Waals surface area contributed by atoms with Crippen LogP contribution >= 0.6 is 0 Å². The van der Waals surface area contributed by atoms with Gasteiger partial charge in [0.2, 0.25) is 0 Å². The first kappa shape index (κ1) is 14.5. The van der Waals surface area contributed by atoms with Crippen LogP contribution in [0.2, 0.25) is 0 Å². The lowest BCUT2D eigenvalue weighted by atomic mass is 10.1. The molecule has 0 radical (unpaired) electrons. The first-order valence-electron chi connectivity index (χ1n) is 6.41. The second-order valence-electron chi connectivity index (χ2n) is 4.47. The zero-order valence-corrected chi connectivity index (χ0v) is 11.4. The van der Waals surface area contributed by atoms with Crippen molar-refractivity contribution in [2.45, 2.75) is 19.8 Å². The van der Waals surface area contributed by atoms with Crippen molar-refractivity contribution in [2.75, 3.05) is 7.11 Å². The molecule has 0 fully saturated rings. The molecule has 0 bridgehead atoms. The molecule has 2 N–H and O–H groups in total. The van der Waals surface area contributed by atoms with Gasteiger partial charge in [-0.1, -0.05) is 18.2 Å². The highest BCUT2D eigenvalue weighted by Gasteiger charge is 2.02. The average molecular weight is 275 g/mol. The maximum Gasteiger partial charge on any atom is 0.127 e. The van der Waals surface area contributed by atoms with Crippen molar-refractivity contribution in [3.63, 3.8) is 0 Å². The van der Waals surface area contributed by atoms with Gasteiger partial charge in [0.15, 0.2) is 0 Å². The van der Waals surface area contributed by atoms with E-state index in [0.717, 1.165) is 16.9 Å². The van der Waals surface area contributed by atoms with Gasteiger partial charge in [0.25, 0.3) is 0 Å². The van der Waals surface area contributed by atoms with Gasteiger partial charge in [0.05, 0.1) is 20.3 Å². The maximum atomic E-state index is 13.3. The van der Waals surface area contributed by atoms with Crippen LogP contribution in [-0.4, -0.2) is 7.11 Å². The van der Waals surface area contributed by atoms with Crippen molar-refractivity contribution in [1.29, 1.82) is 0 Å². The summed E-state index contributed by atoms with van der Waals surface area (Å²) < 4.78 is 24.0. The number of hydrogen-bond acceptors (Lipinski definition) is 3. The summed E-state index contributed by atoms with van der Waals surface area (Å²) in [5.41, 5.74) is 7.96. The number of halogens is 1. The number of benzene rings is 2. The highest BCUT2D eigenvalue weighted by atomic mass is 19.1. The number of rotatable bonds is 6. The Kier molecular flexibility index (Phi) is 5.09. The Hall–Kier alpha value is -1.91. The Morgan fingerprint density at radius 2 is 1.65 bits per heavy atom. The minimum atomic E-state index is -0.272. The SMILES string of the molecule is COc1ccc(COCc2ccc(F)c(CN)c2)cc1. The van der Waals surface area contributed by atoms with Crippen LogP contribution < -0.4 is 10.5 Å². The molecule has 2 aromatic carbocycles. The van der Waals surface area contributed by atoms with Crippen LogP contribution in [0.25, 0.3) is 0 Å². The Bertz CT molecular complexity index is 555. The molecule has 0 atom stereocenters. The Labute approximate surface area is 118 Å². The van der Waals surface area contributed by atoms with Gasteiger partial charge in [-0.3, -0.25) is 0 Å². The summed E-state index contributed by atoms with van der Waals surface area (Å²) in [6.07, 6.45) is 0. The van der Waals surface area contributed by atoms with Gasteiger partial charge in [0.1, 0.15) is 11.6 Å². The predicted molar refractivity (Wildman–Crippen MR) is 75.8 cm³/mol. The van der Waals surface area contributed by atoms with E-state index < -0.39 is 0 Å². The van der Waals surface area contributed by atoms with Gasteiger partial charge in [0, 0.05) is 12.1 Å². The summed E-state index contributed by atoms with van der Waals surface area (Å²) in [6, 6.07) is 12.6. The molecule has 2 rings (SSSR count). The summed E-state index contributed by atoms with van der Waals surface area (Å²) >= 11 is 0. The van der Waals surface area contributed by atoms with E-state index in [2.05, 4.69) is 0 Å². The van der Waals surface area contributed by atoms with Gasteiger partial charge >= 0.3 is 0 Å². The highest BCUT2D eigenvalue weighted by Crippen LogP contribution is 2.14. The quantitative estimate of drug-likeness (QED) is 0.881. The molecule has 4 heteroatoms. The van der Waals surface area contributed by atoms with Gasteiger partial charge in [-0.25, -0.2) is 4.39 Å². The lowest BCUT2D eigenvalue weighted by Crippen LogP contribution is -2.02. The Morgan fingerprint density at radius 3 is 2.30 bits per heavy atom. The van der Waals surface area contributed by atoms with Crippen LogP contribution in [0.15, 0.2) is 42.5 Å². The van der Waals surface area contributed by atoms with Crippen LogP contribution in [0.5, 0.6) is 5.75 Å². The smallest absolute Gasteiger partial charge is 0.127 e. The van der Waals surface area contributed by atoms with E-state index >= 15 is 0 Å². The molecule has 0 spiro atoms. The standard InChI is InChI=1S/C16H18FNO2/c1-19-15-5-2-12(3-6-15)10-20-11-13-4-7-16(17)14(8-13)9-18/h2-8H,9-11,18H2,1H3. The lowest BCUT2D eigenvalue weighted by Gasteiger charge is -2.07. The molecule has 0 amide bonds. The molecule has 0 aromatic heterocycles. The molecule has 0 saturated carbocycles. The predicted octanol–water partition coefficient (Wildman–Crippen LogP) is 3.01. The minimum Gasteiger partial charge on any atom is -0.497 e. The highest BCUT2D eigenvalue weighted by molar-refractivity contribution is 5.27. The third-order valence-electron chi connectivity index (χ3n) is 3.03. The fraction of sp³-hybridized carbons (Fsp3) is 0.250. The van der Waals surface area contributed by atoms with Crippen LogP contribution in [0, 0.1) is 5.82 Å².